The third kappa shape index (κ3) is 2.88. The Balaban J connectivity index is 2.03. The second-order valence-corrected chi connectivity index (χ2v) is 5.06. The first kappa shape index (κ1) is 12.6. The molecule has 1 aliphatic carbocycles. The van der Waals surface area contributed by atoms with Gasteiger partial charge in [-0.3, -0.25) is 9.78 Å². The molecule has 2 rings (SSSR count). The molecular formula is C14H19N3O. The smallest absolute Gasteiger partial charge is 0.227 e. The van der Waals surface area contributed by atoms with Crippen molar-refractivity contribution in [3.05, 3.63) is 30.6 Å². The molecule has 1 fully saturated rings. The summed E-state index contributed by atoms with van der Waals surface area (Å²) in [6.07, 6.45) is 4.72. The van der Waals surface area contributed by atoms with Gasteiger partial charge in [0.15, 0.2) is 0 Å². The summed E-state index contributed by atoms with van der Waals surface area (Å²) >= 11 is 0. The summed E-state index contributed by atoms with van der Waals surface area (Å²) in [4.78, 5) is 16.1. The molecule has 1 aliphatic rings. The van der Waals surface area contributed by atoms with E-state index in [0.29, 0.717) is 17.3 Å². The summed E-state index contributed by atoms with van der Waals surface area (Å²) in [5.74, 6) is 0.884. The number of nitrogens with two attached hydrogens (primary N) is 1. The average molecular weight is 245 g/mol. The van der Waals surface area contributed by atoms with Crippen molar-refractivity contribution in [2.75, 3.05) is 5.32 Å². The van der Waals surface area contributed by atoms with Crippen LogP contribution in [0, 0.1) is 11.8 Å². The van der Waals surface area contributed by atoms with Crippen LogP contribution in [0.15, 0.2) is 24.9 Å². The number of pyridine rings is 1. The minimum Gasteiger partial charge on any atom is -0.397 e. The maximum atomic E-state index is 12.1. The third-order valence-corrected chi connectivity index (χ3v) is 3.42. The second-order valence-electron chi connectivity index (χ2n) is 5.06. The van der Waals surface area contributed by atoms with Gasteiger partial charge in [0.25, 0.3) is 0 Å². The van der Waals surface area contributed by atoms with Crippen molar-refractivity contribution in [1.29, 1.82) is 0 Å². The van der Waals surface area contributed by atoms with Crippen LogP contribution in [0.25, 0.3) is 5.70 Å². The molecule has 0 spiro atoms. The quantitative estimate of drug-likeness (QED) is 0.859. The summed E-state index contributed by atoms with van der Waals surface area (Å²) in [5, 5.41) is 2.92. The number of hydrogen-bond acceptors (Lipinski definition) is 3. The Morgan fingerprint density at radius 1 is 1.56 bits per heavy atom. The Morgan fingerprint density at radius 3 is 2.94 bits per heavy atom. The highest BCUT2D eigenvalue weighted by Crippen LogP contribution is 2.31. The van der Waals surface area contributed by atoms with Crippen molar-refractivity contribution in [2.45, 2.75) is 26.2 Å². The van der Waals surface area contributed by atoms with Gasteiger partial charge < -0.3 is 11.1 Å². The summed E-state index contributed by atoms with van der Waals surface area (Å²) in [7, 11) is 0. The molecule has 18 heavy (non-hydrogen) atoms. The topological polar surface area (TPSA) is 68.0 Å². The number of anilines is 1. The number of nitrogens with one attached hydrogen (secondary N) is 1. The lowest BCUT2D eigenvalue weighted by molar-refractivity contribution is -0.119. The number of rotatable bonds is 3. The number of amides is 1. The van der Waals surface area contributed by atoms with Crippen LogP contribution in [0.1, 0.15) is 31.9 Å². The molecule has 1 aromatic heterocycles. The Hall–Kier alpha value is -1.84. The molecule has 0 radical (unpaired) electrons. The zero-order valence-corrected chi connectivity index (χ0v) is 10.6. The molecule has 1 aromatic rings. The van der Waals surface area contributed by atoms with E-state index in [4.69, 9.17) is 5.73 Å². The lowest BCUT2D eigenvalue weighted by atomic mass is 10.1. The molecular weight excluding hydrogens is 226 g/mol. The monoisotopic (exact) mass is 245 g/mol. The van der Waals surface area contributed by atoms with Gasteiger partial charge in [0, 0.05) is 17.8 Å². The number of carbonyl (C=O) groups is 1. The van der Waals surface area contributed by atoms with Crippen LogP contribution in [-0.2, 0) is 4.79 Å². The van der Waals surface area contributed by atoms with Crippen molar-refractivity contribution in [2.24, 2.45) is 17.6 Å². The zero-order valence-electron chi connectivity index (χ0n) is 10.6. The SMILES string of the molecule is C=C(N)c1cc(NC(=O)C2CCC(C)C2)ccn1. The van der Waals surface area contributed by atoms with Crippen LogP contribution in [0.3, 0.4) is 0 Å². The fourth-order valence-electron chi connectivity index (χ4n) is 2.37. The normalized spacial score (nSPS) is 22.7. The van der Waals surface area contributed by atoms with Crippen LogP contribution in [-0.4, -0.2) is 10.9 Å². The fraction of sp³-hybridized carbons (Fsp3) is 0.429. The van der Waals surface area contributed by atoms with Crippen LogP contribution in [0.4, 0.5) is 5.69 Å². The van der Waals surface area contributed by atoms with E-state index < -0.39 is 0 Å². The third-order valence-electron chi connectivity index (χ3n) is 3.42. The fourth-order valence-corrected chi connectivity index (χ4v) is 2.37. The van der Waals surface area contributed by atoms with Crippen molar-refractivity contribution in [3.8, 4) is 0 Å². The van der Waals surface area contributed by atoms with Gasteiger partial charge in [-0.2, -0.15) is 0 Å². The molecule has 4 nitrogen and oxygen atoms in total. The highest BCUT2D eigenvalue weighted by atomic mass is 16.1. The first-order chi connectivity index (χ1) is 8.56. The van der Waals surface area contributed by atoms with E-state index in [9.17, 15) is 4.79 Å². The molecule has 4 heteroatoms. The summed E-state index contributed by atoms with van der Waals surface area (Å²) < 4.78 is 0. The van der Waals surface area contributed by atoms with Crippen molar-refractivity contribution < 1.29 is 4.79 Å². The Morgan fingerprint density at radius 2 is 2.33 bits per heavy atom. The maximum absolute atomic E-state index is 12.1. The number of aromatic nitrogens is 1. The van der Waals surface area contributed by atoms with Crippen molar-refractivity contribution >= 4 is 17.3 Å². The average Bonchev–Trinajstić information content (AvgIpc) is 2.76. The van der Waals surface area contributed by atoms with E-state index in [1.807, 2.05) is 0 Å². The van der Waals surface area contributed by atoms with Crippen molar-refractivity contribution in [3.63, 3.8) is 0 Å². The highest BCUT2D eigenvalue weighted by molar-refractivity contribution is 5.92. The largest absolute Gasteiger partial charge is 0.397 e. The van der Waals surface area contributed by atoms with E-state index in [-0.39, 0.29) is 11.8 Å². The highest BCUT2D eigenvalue weighted by Gasteiger charge is 2.27. The van der Waals surface area contributed by atoms with E-state index in [0.717, 1.165) is 24.9 Å². The van der Waals surface area contributed by atoms with E-state index >= 15 is 0 Å². The van der Waals surface area contributed by atoms with Gasteiger partial charge >= 0.3 is 0 Å². The van der Waals surface area contributed by atoms with Gasteiger partial charge in [-0.05, 0) is 37.3 Å². The lowest BCUT2D eigenvalue weighted by Gasteiger charge is -2.11. The molecule has 2 atom stereocenters. The molecule has 0 aromatic carbocycles. The number of nitrogens with zero attached hydrogens (tertiary/aromatic N) is 1. The van der Waals surface area contributed by atoms with Crippen LogP contribution >= 0.6 is 0 Å². The first-order valence-corrected chi connectivity index (χ1v) is 6.28. The minimum atomic E-state index is 0.0964. The molecule has 0 aliphatic heterocycles. The second kappa shape index (κ2) is 5.21. The number of carbonyl (C=O) groups excluding carboxylic acids is 1. The number of hydrogen-bond donors (Lipinski definition) is 2. The predicted molar refractivity (Wildman–Crippen MR) is 72.6 cm³/mol. The lowest BCUT2D eigenvalue weighted by Crippen LogP contribution is -2.20. The van der Waals surface area contributed by atoms with E-state index in [1.165, 1.54) is 0 Å². The summed E-state index contributed by atoms with van der Waals surface area (Å²) in [6, 6.07) is 3.52. The van der Waals surface area contributed by atoms with Gasteiger partial charge in [0.1, 0.15) is 0 Å². The van der Waals surface area contributed by atoms with Crippen LogP contribution in [0.5, 0.6) is 0 Å². The van der Waals surface area contributed by atoms with E-state index in [1.54, 1.807) is 18.3 Å². The van der Waals surface area contributed by atoms with Crippen molar-refractivity contribution in [1.82, 2.24) is 4.98 Å². The molecule has 2 unspecified atom stereocenters. The van der Waals surface area contributed by atoms with Gasteiger partial charge in [0.2, 0.25) is 5.91 Å². The summed E-state index contributed by atoms with van der Waals surface area (Å²) in [5.41, 5.74) is 7.32. The standard InChI is InChI=1S/C14H19N3O/c1-9-3-4-11(7-9)14(18)17-12-5-6-16-13(8-12)10(2)15/h5-6,8-9,11H,2-4,7,15H2,1H3,(H,16,17,18). The van der Waals surface area contributed by atoms with Crippen LogP contribution in [0.2, 0.25) is 0 Å². The molecule has 96 valence electrons. The molecule has 3 N–H and O–H groups in total. The molecule has 1 heterocycles. The Bertz CT molecular complexity index is 470. The summed E-state index contributed by atoms with van der Waals surface area (Å²) in [6.45, 7) is 5.83. The molecule has 0 saturated heterocycles. The Labute approximate surface area is 107 Å². The Kier molecular flexibility index (Phi) is 3.65. The van der Waals surface area contributed by atoms with E-state index in [2.05, 4.69) is 23.8 Å². The first-order valence-electron chi connectivity index (χ1n) is 6.28. The maximum Gasteiger partial charge on any atom is 0.227 e. The van der Waals surface area contributed by atoms with Crippen LogP contribution < -0.4 is 11.1 Å². The molecule has 0 bridgehead atoms. The van der Waals surface area contributed by atoms with Gasteiger partial charge in [-0.15, -0.1) is 0 Å². The van der Waals surface area contributed by atoms with Gasteiger partial charge in [-0.1, -0.05) is 13.5 Å². The zero-order chi connectivity index (χ0) is 13.1. The van der Waals surface area contributed by atoms with Gasteiger partial charge in [-0.25, -0.2) is 0 Å². The minimum absolute atomic E-state index is 0.0964. The molecule has 1 saturated carbocycles. The predicted octanol–water partition coefficient (Wildman–Crippen LogP) is 2.39. The molecule has 1 amide bonds. The van der Waals surface area contributed by atoms with Gasteiger partial charge in [0.05, 0.1) is 11.4 Å².